The molecule has 0 radical (unpaired) electrons. The molecule has 148 valence electrons. The highest BCUT2D eigenvalue weighted by Gasteiger charge is 2.16. The smallest absolute Gasteiger partial charge is 0.240 e. The van der Waals surface area contributed by atoms with Crippen LogP contribution in [0, 0.1) is 0 Å². The van der Waals surface area contributed by atoms with Crippen molar-refractivity contribution >= 4 is 17.5 Å². The average Bonchev–Trinajstić information content (AvgIpc) is 2.76. The number of aromatic nitrogens is 1. The molecule has 0 saturated carbocycles. The molecular formula is C23H23N3O3. The Kier molecular flexibility index (Phi) is 6.95. The predicted octanol–water partition coefficient (Wildman–Crippen LogP) is 3.33. The second-order valence-electron chi connectivity index (χ2n) is 6.51. The fourth-order valence-electron chi connectivity index (χ4n) is 2.75. The number of nitrogens with zero attached hydrogens (tertiary/aromatic N) is 2. The number of ether oxygens (including phenoxy) is 1. The number of carbonyl (C=O) groups excluding carboxylic acids is 2. The molecule has 0 aliphatic heterocycles. The molecule has 1 N–H and O–H groups in total. The molecule has 0 saturated heterocycles. The fourth-order valence-corrected chi connectivity index (χ4v) is 2.75. The molecule has 1 aromatic heterocycles. The second-order valence-corrected chi connectivity index (χ2v) is 6.51. The third-order valence-electron chi connectivity index (χ3n) is 4.29. The first-order chi connectivity index (χ1) is 14.1. The minimum Gasteiger partial charge on any atom is -0.489 e. The van der Waals surface area contributed by atoms with Crippen molar-refractivity contribution < 1.29 is 14.3 Å². The van der Waals surface area contributed by atoms with Crippen LogP contribution in [-0.4, -0.2) is 23.3 Å². The van der Waals surface area contributed by atoms with Crippen molar-refractivity contribution in [2.45, 2.75) is 20.1 Å². The summed E-state index contributed by atoms with van der Waals surface area (Å²) in [6, 6.07) is 20.7. The fraction of sp³-hybridized carbons (Fsp3) is 0.174. The van der Waals surface area contributed by atoms with E-state index in [0.717, 1.165) is 11.1 Å². The number of hydrogen-bond acceptors (Lipinski definition) is 4. The SMILES string of the molecule is CC(=O)N(CC(=O)NCc1cccnc1)c1ccc(OCc2ccccc2)cc1. The van der Waals surface area contributed by atoms with E-state index in [1.807, 2.05) is 42.5 Å². The predicted molar refractivity (Wildman–Crippen MR) is 111 cm³/mol. The minimum absolute atomic E-state index is 0.0557. The molecule has 0 spiro atoms. The van der Waals surface area contributed by atoms with Crippen molar-refractivity contribution in [1.82, 2.24) is 10.3 Å². The Balaban J connectivity index is 1.56. The van der Waals surface area contributed by atoms with Gasteiger partial charge in [0.05, 0.1) is 0 Å². The quantitative estimate of drug-likeness (QED) is 0.641. The summed E-state index contributed by atoms with van der Waals surface area (Å²) in [7, 11) is 0. The third kappa shape index (κ3) is 6.17. The Morgan fingerprint density at radius 1 is 0.966 bits per heavy atom. The highest BCUT2D eigenvalue weighted by atomic mass is 16.5. The molecule has 1 heterocycles. The van der Waals surface area contributed by atoms with Crippen LogP contribution >= 0.6 is 0 Å². The number of pyridine rings is 1. The third-order valence-corrected chi connectivity index (χ3v) is 4.29. The normalized spacial score (nSPS) is 10.2. The molecule has 0 unspecified atom stereocenters. The summed E-state index contributed by atoms with van der Waals surface area (Å²) in [6.45, 7) is 2.21. The molecule has 0 aliphatic rings. The van der Waals surface area contributed by atoms with E-state index in [1.165, 1.54) is 11.8 Å². The maximum Gasteiger partial charge on any atom is 0.240 e. The summed E-state index contributed by atoms with van der Waals surface area (Å²) in [5.74, 6) is 0.245. The van der Waals surface area contributed by atoms with Gasteiger partial charge in [-0.1, -0.05) is 36.4 Å². The highest BCUT2D eigenvalue weighted by Crippen LogP contribution is 2.20. The van der Waals surface area contributed by atoms with Crippen LogP contribution in [0.15, 0.2) is 79.1 Å². The molecule has 6 nitrogen and oxygen atoms in total. The molecule has 3 rings (SSSR count). The Bertz CT molecular complexity index is 929. The Morgan fingerprint density at radius 3 is 2.34 bits per heavy atom. The van der Waals surface area contributed by atoms with Crippen molar-refractivity contribution in [3.8, 4) is 5.75 Å². The van der Waals surface area contributed by atoms with Crippen LogP contribution in [0.5, 0.6) is 5.75 Å². The van der Waals surface area contributed by atoms with E-state index in [-0.39, 0.29) is 18.4 Å². The summed E-state index contributed by atoms with van der Waals surface area (Å²) in [6.07, 6.45) is 3.37. The van der Waals surface area contributed by atoms with Gasteiger partial charge in [-0.3, -0.25) is 14.6 Å². The van der Waals surface area contributed by atoms with Crippen molar-refractivity contribution in [3.05, 3.63) is 90.3 Å². The van der Waals surface area contributed by atoms with E-state index >= 15 is 0 Å². The van der Waals surface area contributed by atoms with Gasteiger partial charge in [0.2, 0.25) is 11.8 Å². The number of amides is 2. The van der Waals surface area contributed by atoms with E-state index in [1.54, 1.807) is 36.7 Å². The first-order valence-electron chi connectivity index (χ1n) is 9.32. The second kappa shape index (κ2) is 10.0. The van der Waals surface area contributed by atoms with Gasteiger partial charge >= 0.3 is 0 Å². The molecular weight excluding hydrogens is 366 g/mol. The average molecular weight is 389 g/mol. The van der Waals surface area contributed by atoms with Gasteiger partial charge in [0.15, 0.2) is 0 Å². The minimum atomic E-state index is -0.242. The summed E-state index contributed by atoms with van der Waals surface area (Å²) in [5, 5.41) is 2.81. The highest BCUT2D eigenvalue weighted by molar-refractivity contribution is 5.97. The molecule has 29 heavy (non-hydrogen) atoms. The number of rotatable bonds is 8. The Labute approximate surface area is 170 Å². The molecule has 0 fully saturated rings. The zero-order valence-electron chi connectivity index (χ0n) is 16.2. The monoisotopic (exact) mass is 389 g/mol. The molecule has 0 atom stereocenters. The first-order valence-corrected chi connectivity index (χ1v) is 9.32. The van der Waals surface area contributed by atoms with E-state index < -0.39 is 0 Å². The Morgan fingerprint density at radius 2 is 1.69 bits per heavy atom. The molecule has 6 heteroatoms. The van der Waals surface area contributed by atoms with Crippen molar-refractivity contribution in [2.24, 2.45) is 0 Å². The lowest BCUT2D eigenvalue weighted by Gasteiger charge is -2.21. The maximum atomic E-state index is 12.3. The van der Waals surface area contributed by atoms with Gasteiger partial charge in [0, 0.05) is 31.5 Å². The van der Waals surface area contributed by atoms with Crippen LogP contribution in [0.25, 0.3) is 0 Å². The van der Waals surface area contributed by atoms with Crippen LogP contribution in [0.1, 0.15) is 18.1 Å². The largest absolute Gasteiger partial charge is 0.489 e. The molecule has 3 aromatic rings. The van der Waals surface area contributed by atoms with Crippen molar-refractivity contribution in [2.75, 3.05) is 11.4 Å². The topological polar surface area (TPSA) is 71.5 Å². The van der Waals surface area contributed by atoms with Crippen molar-refractivity contribution in [1.29, 1.82) is 0 Å². The van der Waals surface area contributed by atoms with E-state index in [4.69, 9.17) is 4.74 Å². The maximum absolute atomic E-state index is 12.3. The van der Waals surface area contributed by atoms with Crippen LogP contribution in [-0.2, 0) is 22.7 Å². The van der Waals surface area contributed by atoms with Gasteiger partial charge in [-0.15, -0.1) is 0 Å². The summed E-state index contributed by atoms with van der Waals surface area (Å²) in [5.41, 5.74) is 2.61. The lowest BCUT2D eigenvalue weighted by Crippen LogP contribution is -2.39. The van der Waals surface area contributed by atoms with Gasteiger partial charge in [-0.05, 0) is 41.5 Å². The van der Waals surface area contributed by atoms with E-state index in [9.17, 15) is 9.59 Å². The van der Waals surface area contributed by atoms with Crippen LogP contribution < -0.4 is 15.0 Å². The van der Waals surface area contributed by atoms with Gasteiger partial charge < -0.3 is 15.0 Å². The number of carbonyl (C=O) groups is 2. The van der Waals surface area contributed by atoms with Gasteiger partial charge in [-0.2, -0.15) is 0 Å². The molecule has 2 aromatic carbocycles. The zero-order valence-corrected chi connectivity index (χ0v) is 16.2. The summed E-state index contributed by atoms with van der Waals surface area (Å²) >= 11 is 0. The number of anilines is 1. The summed E-state index contributed by atoms with van der Waals surface area (Å²) in [4.78, 5) is 29.8. The number of benzene rings is 2. The van der Waals surface area contributed by atoms with Crippen molar-refractivity contribution in [3.63, 3.8) is 0 Å². The standard InChI is InChI=1S/C23H23N3O3/c1-18(27)26(16-23(28)25-15-20-8-5-13-24-14-20)21-9-11-22(12-10-21)29-17-19-6-3-2-4-7-19/h2-14H,15-17H2,1H3,(H,25,28). The van der Waals surface area contributed by atoms with Gasteiger partial charge in [0.25, 0.3) is 0 Å². The van der Waals surface area contributed by atoms with E-state index in [0.29, 0.717) is 24.6 Å². The summed E-state index contributed by atoms with van der Waals surface area (Å²) < 4.78 is 5.77. The lowest BCUT2D eigenvalue weighted by molar-refractivity contribution is -0.123. The number of nitrogens with one attached hydrogen (secondary N) is 1. The lowest BCUT2D eigenvalue weighted by atomic mass is 10.2. The molecule has 0 bridgehead atoms. The number of hydrogen-bond donors (Lipinski definition) is 1. The first kappa shape index (κ1) is 20.1. The van der Waals surface area contributed by atoms with Gasteiger partial charge in [-0.25, -0.2) is 0 Å². The van der Waals surface area contributed by atoms with E-state index in [2.05, 4.69) is 10.3 Å². The van der Waals surface area contributed by atoms with Crippen LogP contribution in [0.2, 0.25) is 0 Å². The van der Waals surface area contributed by atoms with Crippen LogP contribution in [0.3, 0.4) is 0 Å². The van der Waals surface area contributed by atoms with Crippen LogP contribution in [0.4, 0.5) is 5.69 Å². The Hall–Kier alpha value is -3.67. The molecule has 2 amide bonds. The zero-order chi connectivity index (χ0) is 20.5. The molecule has 0 aliphatic carbocycles. The van der Waals surface area contributed by atoms with Gasteiger partial charge in [0.1, 0.15) is 18.9 Å².